The first-order valence-corrected chi connectivity index (χ1v) is 11.9. The van der Waals surface area contributed by atoms with Crippen LogP contribution in [-0.4, -0.2) is 46.1 Å². The smallest absolute Gasteiger partial charge is 0.278 e. The lowest BCUT2D eigenvalue weighted by Crippen LogP contribution is -2.44. The lowest BCUT2D eigenvalue weighted by Gasteiger charge is -2.33. The highest BCUT2D eigenvalue weighted by molar-refractivity contribution is 5.98. The summed E-state index contributed by atoms with van der Waals surface area (Å²) < 4.78 is 8.64. The number of rotatable bonds is 7. The topological polar surface area (TPSA) is 121 Å². The minimum atomic E-state index is -0.256. The number of methoxy groups -OCH3 is 1. The normalized spacial score (nSPS) is 22.2. The monoisotopic (exact) mass is 464 g/mol. The van der Waals surface area contributed by atoms with Crippen molar-refractivity contribution in [2.24, 2.45) is 17.6 Å². The molecule has 3 aromatic rings. The Hall–Kier alpha value is -3.33. The summed E-state index contributed by atoms with van der Waals surface area (Å²) in [6.07, 6.45) is 4.51. The Morgan fingerprint density at radius 1 is 1.32 bits per heavy atom. The average molecular weight is 465 g/mol. The summed E-state index contributed by atoms with van der Waals surface area (Å²) in [5.74, 6) is 2.36. The van der Waals surface area contributed by atoms with Crippen LogP contribution in [0.3, 0.4) is 0 Å². The summed E-state index contributed by atoms with van der Waals surface area (Å²) in [6.45, 7) is 4.37. The first kappa shape index (κ1) is 22.5. The van der Waals surface area contributed by atoms with E-state index >= 15 is 0 Å². The summed E-state index contributed by atoms with van der Waals surface area (Å²) in [7, 11) is 1.55. The fourth-order valence-corrected chi connectivity index (χ4v) is 5.04. The molecule has 0 radical (unpaired) electrons. The molecule has 1 saturated carbocycles. The van der Waals surface area contributed by atoms with Crippen molar-refractivity contribution in [2.75, 3.05) is 30.8 Å². The number of ketones is 1. The van der Waals surface area contributed by atoms with E-state index in [0.717, 1.165) is 31.6 Å². The fourth-order valence-electron chi connectivity index (χ4n) is 5.04. The number of carbonyl (C=O) groups excluding carboxylic acids is 1. The van der Waals surface area contributed by atoms with E-state index in [4.69, 9.17) is 16.2 Å². The molecule has 1 saturated heterocycles. The molecular formula is C25H32N6O3. The second kappa shape index (κ2) is 8.79. The van der Waals surface area contributed by atoms with Gasteiger partial charge in [0.1, 0.15) is 28.3 Å². The molecule has 1 aliphatic heterocycles. The van der Waals surface area contributed by atoms with Crippen LogP contribution in [0.15, 0.2) is 35.4 Å². The maximum Gasteiger partial charge on any atom is 0.278 e. The van der Waals surface area contributed by atoms with Gasteiger partial charge in [-0.2, -0.15) is 0 Å². The van der Waals surface area contributed by atoms with E-state index in [0.29, 0.717) is 53.0 Å². The molecule has 3 heterocycles. The van der Waals surface area contributed by atoms with Crippen molar-refractivity contribution in [3.8, 4) is 5.75 Å². The Morgan fingerprint density at radius 3 is 2.82 bits per heavy atom. The summed E-state index contributed by atoms with van der Waals surface area (Å²) in [5.41, 5.74) is 14.6. The van der Waals surface area contributed by atoms with Gasteiger partial charge in [-0.1, -0.05) is 19.1 Å². The largest absolute Gasteiger partial charge is 0.497 e. The van der Waals surface area contributed by atoms with E-state index in [1.54, 1.807) is 31.4 Å². The predicted octanol–water partition coefficient (Wildman–Crippen LogP) is 2.26. The summed E-state index contributed by atoms with van der Waals surface area (Å²) >= 11 is 0. The van der Waals surface area contributed by atoms with Gasteiger partial charge >= 0.3 is 0 Å². The minimum Gasteiger partial charge on any atom is -0.497 e. The molecule has 0 amide bonds. The van der Waals surface area contributed by atoms with Crippen LogP contribution >= 0.6 is 0 Å². The number of nitrogens with zero attached hydrogens (tertiary/aromatic N) is 4. The maximum atomic E-state index is 13.7. The Kier molecular flexibility index (Phi) is 5.81. The second-order valence-electron chi connectivity index (χ2n) is 9.70. The van der Waals surface area contributed by atoms with Crippen molar-refractivity contribution in [3.05, 3.63) is 46.5 Å². The number of fused-ring (bicyclic) bond motifs is 1. The van der Waals surface area contributed by atoms with Gasteiger partial charge in [-0.3, -0.25) is 14.2 Å². The first-order chi connectivity index (χ1) is 16.4. The number of aromatic nitrogens is 3. The SMILES string of the molecule is COc1cccc(C(=O)Cn2cnc3c(N)c(N4CCC[C@@H](N)C4)n(C[C@H]4C[C@@H]4C)c3c2=O)c1. The van der Waals surface area contributed by atoms with E-state index in [1.807, 2.05) is 4.57 Å². The van der Waals surface area contributed by atoms with Crippen LogP contribution in [0.2, 0.25) is 0 Å². The van der Waals surface area contributed by atoms with E-state index in [9.17, 15) is 9.59 Å². The molecule has 5 rings (SSSR count). The molecule has 0 spiro atoms. The standard InChI is InChI=1S/C25H32N6O3/c1-15-9-17(15)11-31-23-22(21(27)24(31)29-8-4-6-18(26)12-29)28-14-30(25(23)33)13-20(32)16-5-3-7-19(10-16)34-2/h3,5,7,10,14-15,17-18H,4,6,8-9,11-13,26-27H2,1-2H3/t15-,17+,18+/m0/s1. The van der Waals surface area contributed by atoms with Crippen LogP contribution in [-0.2, 0) is 13.1 Å². The van der Waals surface area contributed by atoms with Crippen molar-refractivity contribution in [1.29, 1.82) is 0 Å². The van der Waals surface area contributed by atoms with Gasteiger partial charge in [0, 0.05) is 31.2 Å². The number of anilines is 2. The zero-order valence-corrected chi connectivity index (χ0v) is 19.7. The zero-order valence-electron chi connectivity index (χ0n) is 19.7. The van der Waals surface area contributed by atoms with E-state index in [-0.39, 0.29) is 23.9 Å². The molecule has 2 fully saturated rings. The Bertz CT molecular complexity index is 1300. The molecule has 34 heavy (non-hydrogen) atoms. The molecule has 0 bridgehead atoms. The fraction of sp³-hybridized carbons (Fsp3) is 0.480. The van der Waals surface area contributed by atoms with Gasteiger partial charge in [0.05, 0.1) is 20.0 Å². The number of ether oxygens (including phenoxy) is 1. The highest BCUT2D eigenvalue weighted by Crippen LogP contribution is 2.42. The first-order valence-electron chi connectivity index (χ1n) is 11.9. The van der Waals surface area contributed by atoms with Gasteiger partial charge in [0.15, 0.2) is 5.78 Å². The molecule has 9 nitrogen and oxygen atoms in total. The van der Waals surface area contributed by atoms with Gasteiger partial charge in [-0.05, 0) is 43.2 Å². The average Bonchev–Trinajstić information content (AvgIpc) is 3.45. The van der Waals surface area contributed by atoms with Crippen molar-refractivity contribution < 1.29 is 9.53 Å². The van der Waals surface area contributed by atoms with Gasteiger partial charge in [0.2, 0.25) is 0 Å². The number of carbonyl (C=O) groups is 1. The van der Waals surface area contributed by atoms with E-state index < -0.39 is 0 Å². The maximum absolute atomic E-state index is 13.7. The van der Waals surface area contributed by atoms with Crippen molar-refractivity contribution in [1.82, 2.24) is 14.1 Å². The third-order valence-corrected chi connectivity index (χ3v) is 7.19. The third-order valence-electron chi connectivity index (χ3n) is 7.19. The van der Waals surface area contributed by atoms with Crippen LogP contribution in [0.4, 0.5) is 11.5 Å². The number of hydrogen-bond acceptors (Lipinski definition) is 7. The lowest BCUT2D eigenvalue weighted by atomic mass is 10.1. The van der Waals surface area contributed by atoms with E-state index in [1.165, 1.54) is 10.9 Å². The molecular weight excluding hydrogens is 432 g/mol. The Labute approximate surface area is 198 Å². The number of hydrogen-bond donors (Lipinski definition) is 2. The number of piperidine rings is 1. The van der Waals surface area contributed by atoms with Gasteiger partial charge in [-0.15, -0.1) is 0 Å². The third kappa shape index (κ3) is 4.04. The number of nitrogens with two attached hydrogens (primary N) is 2. The Morgan fingerprint density at radius 2 is 2.12 bits per heavy atom. The van der Waals surface area contributed by atoms with Gasteiger partial charge in [0.25, 0.3) is 5.56 Å². The van der Waals surface area contributed by atoms with Crippen LogP contribution < -0.4 is 26.7 Å². The van der Waals surface area contributed by atoms with Crippen molar-refractivity contribution in [2.45, 2.75) is 45.3 Å². The molecule has 3 atom stereocenters. The molecule has 1 aromatic carbocycles. The molecule has 4 N–H and O–H groups in total. The van der Waals surface area contributed by atoms with Gasteiger partial charge in [-0.25, -0.2) is 4.98 Å². The molecule has 180 valence electrons. The molecule has 1 aliphatic carbocycles. The number of nitrogen functional groups attached to an aromatic ring is 1. The van der Waals surface area contributed by atoms with Crippen LogP contribution in [0.25, 0.3) is 11.0 Å². The molecule has 9 heteroatoms. The van der Waals surface area contributed by atoms with Gasteiger partial charge < -0.3 is 25.7 Å². The molecule has 2 aromatic heterocycles. The number of Topliss-reactive ketones (excluding diaryl/α,β-unsaturated/α-hetero) is 1. The zero-order chi connectivity index (χ0) is 24.0. The molecule has 0 unspecified atom stereocenters. The Balaban J connectivity index is 1.56. The quantitative estimate of drug-likeness (QED) is 0.514. The lowest BCUT2D eigenvalue weighted by molar-refractivity contribution is 0.0970. The van der Waals surface area contributed by atoms with Crippen LogP contribution in [0.5, 0.6) is 5.75 Å². The molecule has 2 aliphatic rings. The summed E-state index contributed by atoms with van der Waals surface area (Å²) in [5, 5.41) is 0. The summed E-state index contributed by atoms with van der Waals surface area (Å²) in [6, 6.07) is 7.00. The highest BCUT2D eigenvalue weighted by Gasteiger charge is 2.36. The van der Waals surface area contributed by atoms with E-state index in [2.05, 4.69) is 16.8 Å². The number of benzene rings is 1. The predicted molar refractivity (Wildman–Crippen MR) is 132 cm³/mol. The summed E-state index contributed by atoms with van der Waals surface area (Å²) in [4.78, 5) is 33.4. The van der Waals surface area contributed by atoms with Crippen LogP contribution in [0.1, 0.15) is 36.5 Å². The van der Waals surface area contributed by atoms with Crippen molar-refractivity contribution >= 4 is 28.3 Å². The minimum absolute atomic E-state index is 0.0737. The van der Waals surface area contributed by atoms with Crippen LogP contribution in [0, 0.1) is 11.8 Å². The second-order valence-corrected chi connectivity index (χ2v) is 9.70. The van der Waals surface area contributed by atoms with Crippen molar-refractivity contribution in [3.63, 3.8) is 0 Å². The highest BCUT2D eigenvalue weighted by atomic mass is 16.5.